The molecular formula is C18H22N2O2. The highest BCUT2D eigenvalue weighted by Crippen LogP contribution is 2.37. The first-order valence-corrected chi connectivity index (χ1v) is 7.51. The Morgan fingerprint density at radius 3 is 2.59 bits per heavy atom. The Labute approximate surface area is 131 Å². The summed E-state index contributed by atoms with van der Waals surface area (Å²) in [5.74, 6) is 1.95. The van der Waals surface area contributed by atoms with E-state index in [1.807, 2.05) is 18.2 Å². The van der Waals surface area contributed by atoms with Crippen molar-refractivity contribution in [3.63, 3.8) is 0 Å². The number of hydrogen-bond acceptors (Lipinski definition) is 4. The van der Waals surface area contributed by atoms with Gasteiger partial charge in [-0.1, -0.05) is 18.2 Å². The fourth-order valence-corrected chi connectivity index (χ4v) is 3.13. The highest BCUT2D eigenvalue weighted by Gasteiger charge is 2.23. The standard InChI is InChI=1S/C18H22N2O2/c1-21-17-8-14-11-20-10-13(15(14)9-18(17)22-2)7-12-5-3-4-6-16(12)19/h3-6,8-9,13,20H,7,10-11,19H2,1-2H3. The Balaban J connectivity index is 1.95. The Bertz CT molecular complexity index is 670. The van der Waals surface area contributed by atoms with Crippen molar-refractivity contribution < 1.29 is 9.47 Å². The Hall–Kier alpha value is -2.20. The van der Waals surface area contributed by atoms with Crippen LogP contribution in [0.5, 0.6) is 11.5 Å². The molecular weight excluding hydrogens is 276 g/mol. The molecule has 2 aromatic rings. The van der Waals surface area contributed by atoms with Gasteiger partial charge in [-0.25, -0.2) is 0 Å². The van der Waals surface area contributed by atoms with Gasteiger partial charge < -0.3 is 20.5 Å². The van der Waals surface area contributed by atoms with Crippen molar-refractivity contribution in [2.45, 2.75) is 18.9 Å². The Morgan fingerprint density at radius 2 is 1.86 bits per heavy atom. The van der Waals surface area contributed by atoms with Gasteiger partial charge in [-0.05, 0) is 41.3 Å². The predicted octanol–water partition coefficient (Wildman–Crippen LogP) is 2.72. The van der Waals surface area contributed by atoms with Crippen molar-refractivity contribution >= 4 is 5.69 Å². The number of methoxy groups -OCH3 is 2. The lowest BCUT2D eigenvalue weighted by atomic mass is 9.85. The minimum Gasteiger partial charge on any atom is -0.493 e. The predicted molar refractivity (Wildman–Crippen MR) is 88.6 cm³/mol. The topological polar surface area (TPSA) is 56.5 Å². The molecule has 0 saturated carbocycles. The molecule has 0 spiro atoms. The van der Waals surface area contributed by atoms with Crippen LogP contribution in [0.15, 0.2) is 36.4 Å². The van der Waals surface area contributed by atoms with Crippen molar-refractivity contribution in [3.8, 4) is 11.5 Å². The zero-order valence-corrected chi connectivity index (χ0v) is 13.1. The third kappa shape index (κ3) is 2.74. The monoisotopic (exact) mass is 298 g/mol. The minimum absolute atomic E-state index is 0.383. The molecule has 0 saturated heterocycles. The quantitative estimate of drug-likeness (QED) is 0.852. The van der Waals surface area contributed by atoms with Crippen molar-refractivity contribution in [1.82, 2.24) is 5.32 Å². The van der Waals surface area contributed by atoms with Crippen molar-refractivity contribution in [2.75, 3.05) is 26.5 Å². The molecule has 4 nitrogen and oxygen atoms in total. The number of benzene rings is 2. The molecule has 3 rings (SSSR count). The summed E-state index contributed by atoms with van der Waals surface area (Å²) in [6.45, 7) is 1.80. The molecule has 116 valence electrons. The van der Waals surface area contributed by atoms with E-state index in [0.717, 1.165) is 36.7 Å². The van der Waals surface area contributed by atoms with E-state index in [2.05, 4.69) is 23.5 Å². The zero-order valence-electron chi connectivity index (χ0n) is 13.1. The molecule has 0 radical (unpaired) electrons. The van der Waals surface area contributed by atoms with E-state index in [0.29, 0.717) is 5.92 Å². The highest BCUT2D eigenvalue weighted by atomic mass is 16.5. The number of nitrogens with two attached hydrogens (primary N) is 1. The van der Waals surface area contributed by atoms with Gasteiger partial charge in [-0.15, -0.1) is 0 Å². The summed E-state index contributed by atoms with van der Waals surface area (Å²) < 4.78 is 10.9. The van der Waals surface area contributed by atoms with Gasteiger partial charge in [-0.2, -0.15) is 0 Å². The van der Waals surface area contributed by atoms with E-state index in [1.54, 1.807) is 14.2 Å². The van der Waals surface area contributed by atoms with Gasteiger partial charge in [0.15, 0.2) is 11.5 Å². The van der Waals surface area contributed by atoms with Gasteiger partial charge >= 0.3 is 0 Å². The van der Waals surface area contributed by atoms with E-state index in [9.17, 15) is 0 Å². The van der Waals surface area contributed by atoms with Gasteiger partial charge in [-0.3, -0.25) is 0 Å². The molecule has 3 N–H and O–H groups in total. The van der Waals surface area contributed by atoms with E-state index >= 15 is 0 Å². The van der Waals surface area contributed by atoms with Crippen molar-refractivity contribution in [3.05, 3.63) is 53.1 Å². The van der Waals surface area contributed by atoms with E-state index in [-0.39, 0.29) is 0 Å². The summed E-state index contributed by atoms with van der Waals surface area (Å²) in [7, 11) is 3.35. The Morgan fingerprint density at radius 1 is 1.14 bits per heavy atom. The first-order chi connectivity index (χ1) is 10.7. The van der Waals surface area contributed by atoms with Crippen LogP contribution in [-0.2, 0) is 13.0 Å². The second-order valence-electron chi connectivity index (χ2n) is 5.64. The number of para-hydroxylation sites is 1. The van der Waals surface area contributed by atoms with Crippen LogP contribution in [0.2, 0.25) is 0 Å². The normalized spacial score (nSPS) is 16.9. The molecule has 0 bridgehead atoms. The molecule has 1 aliphatic heterocycles. The highest BCUT2D eigenvalue weighted by molar-refractivity contribution is 5.51. The lowest BCUT2D eigenvalue weighted by Crippen LogP contribution is -2.29. The number of anilines is 1. The van der Waals surface area contributed by atoms with Crippen LogP contribution in [0.1, 0.15) is 22.6 Å². The molecule has 22 heavy (non-hydrogen) atoms. The van der Waals surface area contributed by atoms with Gasteiger partial charge in [0.25, 0.3) is 0 Å². The molecule has 1 unspecified atom stereocenters. The second-order valence-corrected chi connectivity index (χ2v) is 5.64. The largest absolute Gasteiger partial charge is 0.493 e. The fraction of sp³-hybridized carbons (Fsp3) is 0.333. The summed E-state index contributed by atoms with van der Waals surface area (Å²) >= 11 is 0. The molecule has 0 amide bonds. The molecule has 1 heterocycles. The molecule has 2 aromatic carbocycles. The van der Waals surface area contributed by atoms with Crippen LogP contribution >= 0.6 is 0 Å². The average molecular weight is 298 g/mol. The average Bonchev–Trinajstić information content (AvgIpc) is 2.56. The number of fused-ring (bicyclic) bond motifs is 1. The fourth-order valence-electron chi connectivity index (χ4n) is 3.13. The number of hydrogen-bond donors (Lipinski definition) is 2. The molecule has 4 heteroatoms. The maximum Gasteiger partial charge on any atom is 0.161 e. The van der Waals surface area contributed by atoms with Gasteiger partial charge in [0, 0.05) is 24.7 Å². The Kier molecular flexibility index (Phi) is 4.20. The number of nitrogen functional groups attached to an aromatic ring is 1. The van der Waals surface area contributed by atoms with Gasteiger partial charge in [0.1, 0.15) is 0 Å². The van der Waals surface area contributed by atoms with Crippen LogP contribution in [0.4, 0.5) is 5.69 Å². The van der Waals surface area contributed by atoms with E-state index in [1.165, 1.54) is 16.7 Å². The maximum absolute atomic E-state index is 6.09. The third-order valence-electron chi connectivity index (χ3n) is 4.31. The van der Waals surface area contributed by atoms with E-state index < -0.39 is 0 Å². The van der Waals surface area contributed by atoms with Crippen LogP contribution < -0.4 is 20.5 Å². The number of rotatable bonds is 4. The molecule has 0 aliphatic carbocycles. The molecule has 1 aliphatic rings. The lowest BCUT2D eigenvalue weighted by Gasteiger charge is -2.28. The maximum atomic E-state index is 6.09. The number of ether oxygens (including phenoxy) is 2. The molecule has 0 aromatic heterocycles. The first-order valence-electron chi connectivity index (χ1n) is 7.51. The second kappa shape index (κ2) is 6.28. The smallest absolute Gasteiger partial charge is 0.161 e. The van der Waals surface area contributed by atoms with Crippen LogP contribution in [0.3, 0.4) is 0 Å². The molecule has 0 fully saturated rings. The van der Waals surface area contributed by atoms with Crippen molar-refractivity contribution in [1.29, 1.82) is 0 Å². The SMILES string of the molecule is COc1cc2c(cc1OC)C(Cc1ccccc1N)CNC2. The summed E-state index contributed by atoms with van der Waals surface area (Å²) in [5, 5.41) is 3.48. The summed E-state index contributed by atoms with van der Waals surface area (Å²) in [5.41, 5.74) is 10.7. The van der Waals surface area contributed by atoms with Gasteiger partial charge in [0.2, 0.25) is 0 Å². The summed E-state index contributed by atoms with van der Waals surface area (Å²) in [6, 6.07) is 12.3. The minimum atomic E-state index is 0.383. The van der Waals surface area contributed by atoms with E-state index in [4.69, 9.17) is 15.2 Å². The van der Waals surface area contributed by atoms with Crippen molar-refractivity contribution in [2.24, 2.45) is 0 Å². The zero-order chi connectivity index (χ0) is 15.5. The summed E-state index contributed by atoms with van der Waals surface area (Å²) in [4.78, 5) is 0. The van der Waals surface area contributed by atoms with Gasteiger partial charge in [0.05, 0.1) is 14.2 Å². The third-order valence-corrected chi connectivity index (χ3v) is 4.31. The van der Waals surface area contributed by atoms with Crippen LogP contribution in [0, 0.1) is 0 Å². The summed E-state index contributed by atoms with van der Waals surface area (Å²) in [6.07, 6.45) is 0.919. The van der Waals surface area contributed by atoms with Crippen LogP contribution in [-0.4, -0.2) is 20.8 Å². The van der Waals surface area contributed by atoms with Crippen LogP contribution in [0.25, 0.3) is 0 Å². The first kappa shape index (κ1) is 14.7. The molecule has 1 atom stereocenters. The number of nitrogens with one attached hydrogen (secondary N) is 1. The lowest BCUT2D eigenvalue weighted by molar-refractivity contribution is 0.352.